The molecule has 1 unspecified atom stereocenters. The molecule has 0 fully saturated rings. The lowest BCUT2D eigenvalue weighted by Gasteiger charge is -2.33. The number of rotatable bonds is 6. The average Bonchev–Trinajstić information content (AvgIpc) is 2.01. The maximum atomic E-state index is 3.30. The van der Waals surface area contributed by atoms with Crippen molar-refractivity contribution >= 4 is 0 Å². The van der Waals surface area contributed by atoms with Crippen molar-refractivity contribution in [2.24, 2.45) is 11.3 Å². The molecule has 1 N–H and O–H groups in total. The predicted octanol–water partition coefficient (Wildman–Crippen LogP) is 3.06. The van der Waals surface area contributed by atoms with E-state index in [2.05, 4.69) is 33.0 Å². The van der Waals surface area contributed by atoms with Gasteiger partial charge in [0.05, 0.1) is 0 Å². The molecular formula is C11H25N. The van der Waals surface area contributed by atoms with Crippen LogP contribution in [0.25, 0.3) is 0 Å². The van der Waals surface area contributed by atoms with Gasteiger partial charge in [0.25, 0.3) is 0 Å². The van der Waals surface area contributed by atoms with E-state index in [0.717, 1.165) is 12.5 Å². The van der Waals surface area contributed by atoms with E-state index < -0.39 is 0 Å². The van der Waals surface area contributed by atoms with E-state index in [0.29, 0.717) is 5.41 Å². The van der Waals surface area contributed by atoms with Gasteiger partial charge in [0.15, 0.2) is 0 Å². The molecule has 1 atom stereocenters. The molecule has 74 valence electrons. The second kappa shape index (κ2) is 5.58. The second-order valence-electron chi connectivity index (χ2n) is 4.44. The summed E-state index contributed by atoms with van der Waals surface area (Å²) < 4.78 is 0. The molecule has 0 aromatic carbocycles. The van der Waals surface area contributed by atoms with Crippen molar-refractivity contribution in [3.05, 3.63) is 0 Å². The maximum Gasteiger partial charge on any atom is 0.000461 e. The fourth-order valence-electron chi connectivity index (χ4n) is 1.57. The minimum atomic E-state index is 0.491. The lowest BCUT2D eigenvalue weighted by atomic mass is 9.75. The maximum absolute atomic E-state index is 3.30. The smallest absolute Gasteiger partial charge is 0.000461 e. The molecule has 0 bridgehead atoms. The Bertz CT molecular complexity index is 110. The van der Waals surface area contributed by atoms with Crippen LogP contribution in [0, 0.1) is 11.3 Å². The molecule has 1 nitrogen and oxygen atoms in total. The van der Waals surface area contributed by atoms with Crippen molar-refractivity contribution in [1.82, 2.24) is 5.32 Å². The molecule has 0 spiro atoms. The Morgan fingerprint density at radius 1 is 1.33 bits per heavy atom. The third-order valence-corrected chi connectivity index (χ3v) is 3.08. The Labute approximate surface area is 77.9 Å². The van der Waals surface area contributed by atoms with Crippen LogP contribution >= 0.6 is 0 Å². The van der Waals surface area contributed by atoms with Crippen LogP contribution in [-0.4, -0.2) is 13.6 Å². The Hall–Kier alpha value is -0.0400. The molecule has 0 heterocycles. The monoisotopic (exact) mass is 171 g/mol. The molecule has 0 radical (unpaired) electrons. The summed E-state index contributed by atoms with van der Waals surface area (Å²) in [6.07, 6.45) is 4.02. The van der Waals surface area contributed by atoms with E-state index in [9.17, 15) is 0 Å². The predicted molar refractivity (Wildman–Crippen MR) is 56.4 cm³/mol. The van der Waals surface area contributed by atoms with Crippen LogP contribution < -0.4 is 5.32 Å². The van der Waals surface area contributed by atoms with E-state index in [1.54, 1.807) is 0 Å². The zero-order valence-electron chi connectivity index (χ0n) is 9.41. The largest absolute Gasteiger partial charge is 0.319 e. The Balaban J connectivity index is 3.99. The molecule has 1 heteroatoms. The summed E-state index contributed by atoms with van der Waals surface area (Å²) in [7, 11) is 2.05. The van der Waals surface area contributed by atoms with E-state index >= 15 is 0 Å². The quantitative estimate of drug-likeness (QED) is 0.647. The highest BCUT2D eigenvalue weighted by Crippen LogP contribution is 2.31. The van der Waals surface area contributed by atoms with Crippen LogP contribution in [0.1, 0.15) is 47.0 Å². The number of hydrogen-bond acceptors (Lipinski definition) is 1. The van der Waals surface area contributed by atoms with Gasteiger partial charge in [0.1, 0.15) is 0 Å². The Morgan fingerprint density at radius 3 is 2.25 bits per heavy atom. The molecule has 0 aromatic rings. The van der Waals surface area contributed by atoms with Gasteiger partial charge in [0.2, 0.25) is 0 Å². The summed E-state index contributed by atoms with van der Waals surface area (Å²) in [6.45, 7) is 10.5. The van der Waals surface area contributed by atoms with Gasteiger partial charge in [0, 0.05) is 6.54 Å². The van der Waals surface area contributed by atoms with Gasteiger partial charge < -0.3 is 5.32 Å². The summed E-state index contributed by atoms with van der Waals surface area (Å²) in [5, 5.41) is 3.30. The lowest BCUT2D eigenvalue weighted by Crippen LogP contribution is -2.34. The first kappa shape index (κ1) is 12.0. The minimum absolute atomic E-state index is 0.491. The molecule has 0 aliphatic heterocycles. The van der Waals surface area contributed by atoms with Crippen molar-refractivity contribution in [1.29, 1.82) is 0 Å². The van der Waals surface area contributed by atoms with Gasteiger partial charge in [-0.1, -0.05) is 40.5 Å². The van der Waals surface area contributed by atoms with Crippen LogP contribution in [0.15, 0.2) is 0 Å². The van der Waals surface area contributed by atoms with Crippen LogP contribution in [0.3, 0.4) is 0 Å². The van der Waals surface area contributed by atoms with E-state index in [-0.39, 0.29) is 0 Å². The van der Waals surface area contributed by atoms with Crippen molar-refractivity contribution in [3.8, 4) is 0 Å². The van der Waals surface area contributed by atoms with E-state index in [1.807, 2.05) is 7.05 Å². The topological polar surface area (TPSA) is 12.0 Å². The highest BCUT2D eigenvalue weighted by Gasteiger charge is 2.26. The Morgan fingerprint density at radius 2 is 1.92 bits per heavy atom. The fourth-order valence-corrected chi connectivity index (χ4v) is 1.57. The van der Waals surface area contributed by atoms with Gasteiger partial charge in [-0.3, -0.25) is 0 Å². The van der Waals surface area contributed by atoms with E-state index in [1.165, 1.54) is 19.3 Å². The average molecular weight is 171 g/mol. The lowest BCUT2D eigenvalue weighted by molar-refractivity contribution is 0.190. The minimum Gasteiger partial charge on any atom is -0.319 e. The van der Waals surface area contributed by atoms with Gasteiger partial charge >= 0.3 is 0 Å². The highest BCUT2D eigenvalue weighted by molar-refractivity contribution is 4.79. The summed E-state index contributed by atoms with van der Waals surface area (Å²) >= 11 is 0. The standard InChI is InChI=1S/C11H25N/c1-6-7-8-11(4,9-12-5)10(2)3/h10,12H,6-9H2,1-5H3. The summed E-state index contributed by atoms with van der Waals surface area (Å²) in [5.74, 6) is 0.775. The second-order valence-corrected chi connectivity index (χ2v) is 4.44. The fraction of sp³-hybridized carbons (Fsp3) is 1.00. The Kier molecular flexibility index (Phi) is 5.56. The normalized spacial score (nSPS) is 16.5. The van der Waals surface area contributed by atoms with E-state index in [4.69, 9.17) is 0 Å². The molecule has 0 saturated heterocycles. The van der Waals surface area contributed by atoms with Crippen LogP contribution in [0.5, 0.6) is 0 Å². The van der Waals surface area contributed by atoms with Crippen molar-refractivity contribution in [2.75, 3.05) is 13.6 Å². The first-order chi connectivity index (χ1) is 5.56. The molecular weight excluding hydrogens is 146 g/mol. The van der Waals surface area contributed by atoms with Gasteiger partial charge in [-0.05, 0) is 24.8 Å². The number of unbranched alkanes of at least 4 members (excludes halogenated alkanes) is 1. The molecule has 0 rings (SSSR count). The summed E-state index contributed by atoms with van der Waals surface area (Å²) in [4.78, 5) is 0. The molecule has 0 aromatic heterocycles. The van der Waals surface area contributed by atoms with Crippen LogP contribution in [0.2, 0.25) is 0 Å². The zero-order valence-corrected chi connectivity index (χ0v) is 9.41. The SMILES string of the molecule is CCCCC(C)(CNC)C(C)C. The third kappa shape index (κ3) is 3.57. The number of nitrogens with one attached hydrogen (secondary N) is 1. The number of hydrogen-bond donors (Lipinski definition) is 1. The van der Waals surface area contributed by atoms with Crippen molar-refractivity contribution in [3.63, 3.8) is 0 Å². The molecule has 0 saturated carbocycles. The highest BCUT2D eigenvalue weighted by atomic mass is 14.8. The molecule has 12 heavy (non-hydrogen) atoms. The third-order valence-electron chi connectivity index (χ3n) is 3.08. The van der Waals surface area contributed by atoms with Crippen LogP contribution in [-0.2, 0) is 0 Å². The van der Waals surface area contributed by atoms with Crippen LogP contribution in [0.4, 0.5) is 0 Å². The molecule has 0 aliphatic rings. The van der Waals surface area contributed by atoms with Gasteiger partial charge in [-0.15, -0.1) is 0 Å². The first-order valence-corrected chi connectivity index (χ1v) is 5.21. The summed E-state index contributed by atoms with van der Waals surface area (Å²) in [5.41, 5.74) is 0.491. The van der Waals surface area contributed by atoms with Crippen molar-refractivity contribution in [2.45, 2.75) is 47.0 Å². The summed E-state index contributed by atoms with van der Waals surface area (Å²) in [6, 6.07) is 0. The van der Waals surface area contributed by atoms with Crippen molar-refractivity contribution < 1.29 is 0 Å². The van der Waals surface area contributed by atoms with Gasteiger partial charge in [-0.2, -0.15) is 0 Å². The zero-order chi connectivity index (χ0) is 9.61. The first-order valence-electron chi connectivity index (χ1n) is 5.21. The van der Waals surface area contributed by atoms with Gasteiger partial charge in [-0.25, -0.2) is 0 Å². The molecule has 0 aliphatic carbocycles. The molecule has 0 amide bonds.